The molecule has 4 nitrogen and oxygen atoms in total. The summed E-state index contributed by atoms with van der Waals surface area (Å²) in [6, 6.07) is 5.57. The lowest BCUT2D eigenvalue weighted by Gasteiger charge is -2.16. The second kappa shape index (κ2) is 8.90. The van der Waals surface area contributed by atoms with Gasteiger partial charge in [-0.05, 0) is 49.9 Å². The summed E-state index contributed by atoms with van der Waals surface area (Å²) < 4.78 is 5.62. The molecule has 1 amide bonds. The highest BCUT2D eigenvalue weighted by Gasteiger charge is 2.11. The average Bonchev–Trinajstić information content (AvgIpc) is 2.43. The summed E-state index contributed by atoms with van der Waals surface area (Å²) in [5.41, 5.74) is 6.75. The number of rotatable bonds is 8. The number of hydrogen-bond donors (Lipinski definition) is 2. The largest absolute Gasteiger partial charge is 0.483 e. The Labute approximate surface area is 132 Å². The van der Waals surface area contributed by atoms with E-state index in [1.807, 2.05) is 13.0 Å². The molecule has 1 aromatic rings. The summed E-state index contributed by atoms with van der Waals surface area (Å²) in [6.45, 7) is 6.03. The van der Waals surface area contributed by atoms with Crippen molar-refractivity contribution in [3.05, 3.63) is 28.8 Å². The van der Waals surface area contributed by atoms with E-state index >= 15 is 0 Å². The molecule has 0 aliphatic heterocycles. The fourth-order valence-electron chi connectivity index (χ4n) is 2.10. The molecule has 5 heteroatoms. The molecule has 1 atom stereocenters. The van der Waals surface area contributed by atoms with Crippen molar-refractivity contribution in [2.75, 3.05) is 6.61 Å². The van der Waals surface area contributed by atoms with Gasteiger partial charge in [-0.1, -0.05) is 25.4 Å². The van der Waals surface area contributed by atoms with E-state index in [1.54, 1.807) is 12.1 Å². The van der Waals surface area contributed by atoms with Gasteiger partial charge in [-0.3, -0.25) is 4.79 Å². The van der Waals surface area contributed by atoms with Gasteiger partial charge in [0.2, 0.25) is 0 Å². The molecule has 118 valence electrons. The van der Waals surface area contributed by atoms with Crippen molar-refractivity contribution >= 4 is 17.5 Å². The lowest BCUT2D eigenvalue weighted by atomic mass is 10.1. The number of benzene rings is 1. The number of carbonyl (C=O) groups excluding carboxylic acids is 1. The van der Waals surface area contributed by atoms with Crippen molar-refractivity contribution in [1.29, 1.82) is 0 Å². The van der Waals surface area contributed by atoms with E-state index in [-0.39, 0.29) is 24.6 Å². The van der Waals surface area contributed by atoms with Crippen LogP contribution in [0, 0.1) is 0 Å². The Balaban J connectivity index is 2.64. The second-order valence-corrected chi connectivity index (χ2v) is 5.74. The van der Waals surface area contributed by atoms with Gasteiger partial charge in [0.05, 0.1) is 0 Å². The zero-order valence-corrected chi connectivity index (χ0v) is 13.7. The molecule has 0 spiro atoms. The van der Waals surface area contributed by atoms with Crippen LogP contribution in [0.15, 0.2) is 18.2 Å². The van der Waals surface area contributed by atoms with E-state index in [4.69, 9.17) is 22.1 Å². The summed E-state index contributed by atoms with van der Waals surface area (Å²) in [5, 5.41) is 3.58. The highest BCUT2D eigenvalue weighted by atomic mass is 35.5. The van der Waals surface area contributed by atoms with Crippen LogP contribution < -0.4 is 15.8 Å². The third kappa shape index (κ3) is 6.36. The molecule has 21 heavy (non-hydrogen) atoms. The first-order valence-electron chi connectivity index (χ1n) is 7.42. The zero-order chi connectivity index (χ0) is 15.8. The van der Waals surface area contributed by atoms with Crippen LogP contribution in [-0.2, 0) is 11.2 Å². The molecule has 1 aromatic carbocycles. The topological polar surface area (TPSA) is 64.3 Å². The quantitative estimate of drug-likeness (QED) is 0.775. The smallest absolute Gasteiger partial charge is 0.258 e. The van der Waals surface area contributed by atoms with Crippen LogP contribution in [-0.4, -0.2) is 24.6 Å². The number of halogens is 1. The van der Waals surface area contributed by atoms with E-state index in [2.05, 4.69) is 19.2 Å². The predicted molar refractivity (Wildman–Crippen MR) is 86.8 cm³/mol. The van der Waals surface area contributed by atoms with Gasteiger partial charge in [0.25, 0.3) is 5.91 Å². The van der Waals surface area contributed by atoms with Crippen molar-refractivity contribution < 1.29 is 9.53 Å². The Hall–Kier alpha value is -1.26. The lowest BCUT2D eigenvalue weighted by Crippen LogP contribution is -2.37. The summed E-state index contributed by atoms with van der Waals surface area (Å²) in [6.07, 6.45) is 2.49. The number of nitrogens with two attached hydrogens (primary N) is 1. The summed E-state index contributed by atoms with van der Waals surface area (Å²) in [5.74, 6) is 0.557. The summed E-state index contributed by atoms with van der Waals surface area (Å²) in [4.78, 5) is 11.9. The molecule has 0 bridgehead atoms. The zero-order valence-electron chi connectivity index (χ0n) is 13.0. The number of ether oxygens (including phenoxy) is 1. The van der Waals surface area contributed by atoms with Crippen molar-refractivity contribution in [2.24, 2.45) is 5.73 Å². The predicted octanol–water partition coefficient (Wildman–Crippen LogP) is 2.91. The van der Waals surface area contributed by atoms with Crippen LogP contribution >= 0.6 is 11.6 Å². The van der Waals surface area contributed by atoms with Crippen molar-refractivity contribution in [1.82, 2.24) is 5.32 Å². The van der Waals surface area contributed by atoms with Crippen LogP contribution in [0.1, 0.15) is 39.2 Å². The fourth-order valence-corrected chi connectivity index (χ4v) is 2.30. The molecule has 3 N–H and O–H groups in total. The van der Waals surface area contributed by atoms with E-state index in [0.29, 0.717) is 17.2 Å². The van der Waals surface area contributed by atoms with Gasteiger partial charge in [0, 0.05) is 17.1 Å². The molecule has 0 aromatic heterocycles. The van der Waals surface area contributed by atoms with E-state index in [1.165, 1.54) is 0 Å². The normalized spacial score (nSPS) is 12.3. The van der Waals surface area contributed by atoms with Gasteiger partial charge in [0.15, 0.2) is 6.61 Å². The minimum atomic E-state index is -0.106. The summed E-state index contributed by atoms with van der Waals surface area (Å²) >= 11 is 5.99. The van der Waals surface area contributed by atoms with Gasteiger partial charge >= 0.3 is 0 Å². The van der Waals surface area contributed by atoms with Crippen LogP contribution in [0.4, 0.5) is 0 Å². The highest BCUT2D eigenvalue weighted by molar-refractivity contribution is 6.30. The second-order valence-electron chi connectivity index (χ2n) is 5.30. The number of nitrogens with one attached hydrogen (secondary N) is 1. The molecule has 1 rings (SSSR count). The maximum atomic E-state index is 11.9. The summed E-state index contributed by atoms with van der Waals surface area (Å²) in [7, 11) is 0. The van der Waals surface area contributed by atoms with Gasteiger partial charge in [-0.25, -0.2) is 0 Å². The molecular formula is C16H25ClN2O2. The van der Waals surface area contributed by atoms with Gasteiger partial charge in [-0.2, -0.15) is 0 Å². The first-order chi connectivity index (χ1) is 9.96. The Morgan fingerprint density at radius 2 is 2.05 bits per heavy atom. The van der Waals surface area contributed by atoms with Crippen LogP contribution in [0.2, 0.25) is 5.02 Å². The molecule has 0 saturated heterocycles. The Kier molecular flexibility index (Phi) is 7.54. The number of amides is 1. The Bertz CT molecular complexity index is 460. The van der Waals surface area contributed by atoms with Crippen LogP contribution in [0.3, 0.4) is 0 Å². The van der Waals surface area contributed by atoms with Gasteiger partial charge in [-0.15, -0.1) is 0 Å². The SMILES string of the molecule is CCC(CC)NC(=O)COc1ccc(Cl)cc1CC(C)N. The minimum absolute atomic E-state index is 0.00389. The molecule has 0 aliphatic rings. The Morgan fingerprint density at radius 1 is 1.38 bits per heavy atom. The molecule has 0 fully saturated rings. The van der Waals surface area contributed by atoms with E-state index in [0.717, 1.165) is 18.4 Å². The third-order valence-electron chi connectivity index (χ3n) is 3.27. The first kappa shape index (κ1) is 17.8. The van der Waals surface area contributed by atoms with Crippen molar-refractivity contribution in [3.63, 3.8) is 0 Å². The molecule has 0 aliphatic carbocycles. The minimum Gasteiger partial charge on any atom is -0.483 e. The van der Waals surface area contributed by atoms with Gasteiger partial charge in [0.1, 0.15) is 5.75 Å². The maximum absolute atomic E-state index is 11.9. The van der Waals surface area contributed by atoms with Crippen molar-refractivity contribution in [2.45, 2.75) is 52.1 Å². The standard InChI is InChI=1S/C16H25ClN2O2/c1-4-14(5-2)19-16(20)10-21-15-7-6-13(17)9-12(15)8-11(3)18/h6-7,9,11,14H,4-5,8,10,18H2,1-3H3,(H,19,20). The molecule has 0 saturated carbocycles. The fraction of sp³-hybridized carbons (Fsp3) is 0.562. The molecule has 1 unspecified atom stereocenters. The monoisotopic (exact) mass is 312 g/mol. The number of carbonyl (C=O) groups is 1. The van der Waals surface area contributed by atoms with Crippen LogP contribution in [0.25, 0.3) is 0 Å². The van der Waals surface area contributed by atoms with E-state index < -0.39 is 0 Å². The van der Waals surface area contributed by atoms with Crippen LogP contribution in [0.5, 0.6) is 5.75 Å². The average molecular weight is 313 g/mol. The Morgan fingerprint density at radius 3 is 2.62 bits per heavy atom. The highest BCUT2D eigenvalue weighted by Crippen LogP contribution is 2.24. The first-order valence-corrected chi connectivity index (χ1v) is 7.80. The van der Waals surface area contributed by atoms with E-state index in [9.17, 15) is 4.79 Å². The third-order valence-corrected chi connectivity index (χ3v) is 3.51. The van der Waals surface area contributed by atoms with Crippen molar-refractivity contribution in [3.8, 4) is 5.75 Å². The molecular weight excluding hydrogens is 288 g/mol. The molecule has 0 radical (unpaired) electrons. The van der Waals surface area contributed by atoms with Gasteiger partial charge < -0.3 is 15.8 Å². The maximum Gasteiger partial charge on any atom is 0.258 e. The lowest BCUT2D eigenvalue weighted by molar-refractivity contribution is -0.123. The molecule has 0 heterocycles. The number of hydrogen-bond acceptors (Lipinski definition) is 3.